The smallest absolute Gasteiger partial charge is 0.128 e. The van der Waals surface area contributed by atoms with E-state index in [1.165, 1.54) is 17.2 Å². The second kappa shape index (κ2) is 6.51. The van der Waals surface area contributed by atoms with Crippen LogP contribution in [0.2, 0.25) is 0 Å². The third-order valence-electron chi connectivity index (χ3n) is 4.26. The van der Waals surface area contributed by atoms with E-state index in [0.717, 1.165) is 23.1 Å². The van der Waals surface area contributed by atoms with Crippen molar-refractivity contribution < 1.29 is 4.39 Å². The summed E-state index contributed by atoms with van der Waals surface area (Å²) in [4.78, 5) is 0. The van der Waals surface area contributed by atoms with Gasteiger partial charge in [0.25, 0.3) is 0 Å². The highest BCUT2D eigenvalue weighted by Gasteiger charge is 2.15. The molecule has 0 aliphatic rings. The van der Waals surface area contributed by atoms with E-state index < -0.39 is 0 Å². The second-order valence-electron chi connectivity index (χ2n) is 6.54. The highest BCUT2D eigenvalue weighted by molar-refractivity contribution is 5.79. The number of nitrogens with two attached hydrogens (primary N) is 1. The molecule has 0 saturated carbocycles. The third kappa shape index (κ3) is 3.16. The van der Waals surface area contributed by atoms with Gasteiger partial charge in [0.05, 0.1) is 0 Å². The monoisotopic (exact) mass is 299 g/mol. The first kappa shape index (κ1) is 16.5. The molecule has 0 unspecified atom stereocenters. The summed E-state index contributed by atoms with van der Waals surface area (Å²) in [5.74, 6) is 0.420. The van der Waals surface area contributed by atoms with Gasteiger partial charge in [0.2, 0.25) is 0 Å². The minimum absolute atomic E-state index is 0.138. The zero-order valence-electron chi connectivity index (χ0n) is 14.2. The van der Waals surface area contributed by atoms with Gasteiger partial charge < -0.3 is 5.73 Å². The Bertz CT molecular complexity index is 672. The molecular weight excluding hydrogens is 273 g/mol. The molecule has 0 aliphatic heterocycles. The molecule has 0 bridgehead atoms. The maximum absolute atomic E-state index is 14.1. The molecule has 0 amide bonds. The minimum atomic E-state index is -0.215. The molecule has 0 heterocycles. The van der Waals surface area contributed by atoms with E-state index in [2.05, 4.69) is 39.0 Å². The van der Waals surface area contributed by atoms with Crippen molar-refractivity contribution >= 4 is 5.69 Å². The summed E-state index contributed by atoms with van der Waals surface area (Å²) in [5.41, 5.74) is 12.0. The molecule has 0 fully saturated rings. The molecule has 0 radical (unpaired) electrons. The number of benzene rings is 2. The number of hydrogen-bond acceptors (Lipinski definition) is 1. The van der Waals surface area contributed by atoms with Crippen LogP contribution in [-0.4, -0.2) is 0 Å². The van der Waals surface area contributed by atoms with Gasteiger partial charge in [0.15, 0.2) is 0 Å². The number of hydrogen-bond donors (Lipinski definition) is 1. The summed E-state index contributed by atoms with van der Waals surface area (Å²) in [6, 6.07) is 9.90. The fourth-order valence-corrected chi connectivity index (χ4v) is 2.81. The van der Waals surface area contributed by atoms with Gasteiger partial charge in [-0.15, -0.1) is 0 Å². The topological polar surface area (TPSA) is 26.0 Å². The van der Waals surface area contributed by atoms with Crippen molar-refractivity contribution in [2.75, 3.05) is 5.73 Å². The molecule has 0 atom stereocenters. The van der Waals surface area contributed by atoms with Crippen LogP contribution in [0.5, 0.6) is 0 Å². The van der Waals surface area contributed by atoms with Crippen LogP contribution < -0.4 is 5.73 Å². The normalized spacial score (nSPS) is 11.5. The summed E-state index contributed by atoms with van der Waals surface area (Å²) in [6.45, 7) is 10.5. The average Bonchev–Trinajstić information content (AvgIpc) is 2.46. The molecule has 2 rings (SSSR count). The largest absolute Gasteiger partial charge is 0.398 e. The van der Waals surface area contributed by atoms with E-state index in [1.807, 2.05) is 19.9 Å². The number of halogens is 1. The fourth-order valence-electron chi connectivity index (χ4n) is 2.81. The Morgan fingerprint density at radius 3 is 2.18 bits per heavy atom. The summed E-state index contributed by atoms with van der Waals surface area (Å²) < 4.78 is 14.1. The highest BCUT2D eigenvalue weighted by atomic mass is 19.1. The molecule has 2 heteroatoms. The molecule has 2 aromatic rings. The standard InChI is InChI=1S/C20H26FN/c1-6-14-9-15(12(2)3)7-8-16(14)18-10-17(13(4)5)19(21)11-20(18)22/h7-13H,6,22H2,1-5H3. The van der Waals surface area contributed by atoms with E-state index in [4.69, 9.17) is 5.73 Å². The van der Waals surface area contributed by atoms with Crippen LogP contribution in [-0.2, 0) is 6.42 Å². The predicted molar refractivity (Wildman–Crippen MR) is 93.8 cm³/mol. The molecule has 2 aromatic carbocycles. The van der Waals surface area contributed by atoms with Gasteiger partial charge in [0.1, 0.15) is 5.82 Å². The molecule has 0 aromatic heterocycles. The molecule has 22 heavy (non-hydrogen) atoms. The first-order valence-corrected chi connectivity index (χ1v) is 8.07. The van der Waals surface area contributed by atoms with Crippen LogP contribution in [0.25, 0.3) is 11.1 Å². The molecule has 0 spiro atoms. The Hall–Kier alpha value is -1.83. The molecule has 0 aliphatic carbocycles. The Labute approximate surface area is 133 Å². The summed E-state index contributed by atoms with van der Waals surface area (Å²) in [5, 5.41) is 0. The number of rotatable bonds is 4. The van der Waals surface area contributed by atoms with Crippen molar-refractivity contribution in [3.8, 4) is 11.1 Å². The van der Waals surface area contributed by atoms with Gasteiger partial charge in [-0.2, -0.15) is 0 Å². The first-order valence-electron chi connectivity index (χ1n) is 8.07. The van der Waals surface area contributed by atoms with E-state index in [1.54, 1.807) is 0 Å². The van der Waals surface area contributed by atoms with Gasteiger partial charge >= 0.3 is 0 Å². The second-order valence-corrected chi connectivity index (χ2v) is 6.54. The Balaban J connectivity index is 2.63. The average molecular weight is 299 g/mol. The van der Waals surface area contributed by atoms with E-state index in [9.17, 15) is 4.39 Å². The fraction of sp³-hybridized carbons (Fsp3) is 0.400. The van der Waals surface area contributed by atoms with E-state index >= 15 is 0 Å². The first-order chi connectivity index (χ1) is 10.3. The van der Waals surface area contributed by atoms with Gasteiger partial charge in [-0.25, -0.2) is 4.39 Å². The van der Waals surface area contributed by atoms with Crippen molar-refractivity contribution in [2.45, 2.75) is 52.9 Å². The maximum Gasteiger partial charge on any atom is 0.128 e. The van der Waals surface area contributed by atoms with Crippen LogP contribution >= 0.6 is 0 Å². The SMILES string of the molecule is CCc1cc(C(C)C)ccc1-c1cc(C(C)C)c(F)cc1N. The Morgan fingerprint density at radius 2 is 1.64 bits per heavy atom. The van der Waals surface area contributed by atoms with Gasteiger partial charge in [0, 0.05) is 11.3 Å². The van der Waals surface area contributed by atoms with Crippen molar-refractivity contribution in [2.24, 2.45) is 0 Å². The van der Waals surface area contributed by atoms with Crippen molar-refractivity contribution in [3.63, 3.8) is 0 Å². The molecule has 1 nitrogen and oxygen atoms in total. The predicted octanol–water partition coefficient (Wildman–Crippen LogP) is 5.88. The number of aryl methyl sites for hydroxylation is 1. The molecule has 0 saturated heterocycles. The van der Waals surface area contributed by atoms with Crippen LogP contribution in [0.1, 0.15) is 63.1 Å². The van der Waals surface area contributed by atoms with Gasteiger partial charge in [-0.1, -0.05) is 52.8 Å². The van der Waals surface area contributed by atoms with E-state index in [0.29, 0.717) is 11.6 Å². The van der Waals surface area contributed by atoms with Crippen molar-refractivity contribution in [3.05, 3.63) is 52.8 Å². The van der Waals surface area contributed by atoms with Crippen molar-refractivity contribution in [1.29, 1.82) is 0 Å². The number of nitrogen functional groups attached to an aromatic ring is 1. The lowest BCUT2D eigenvalue weighted by Gasteiger charge is -2.17. The summed E-state index contributed by atoms with van der Waals surface area (Å²) >= 11 is 0. The van der Waals surface area contributed by atoms with Crippen molar-refractivity contribution in [1.82, 2.24) is 0 Å². The summed E-state index contributed by atoms with van der Waals surface area (Å²) in [6.07, 6.45) is 0.934. The van der Waals surface area contributed by atoms with Gasteiger partial charge in [-0.05, 0) is 52.6 Å². The summed E-state index contributed by atoms with van der Waals surface area (Å²) in [7, 11) is 0. The zero-order valence-corrected chi connectivity index (χ0v) is 14.2. The lowest BCUT2D eigenvalue weighted by molar-refractivity contribution is 0.599. The molecule has 2 N–H and O–H groups in total. The van der Waals surface area contributed by atoms with Crippen LogP contribution in [0.4, 0.5) is 10.1 Å². The molecular formula is C20H26FN. The Kier molecular flexibility index (Phi) is 4.90. The Morgan fingerprint density at radius 1 is 0.955 bits per heavy atom. The zero-order chi connectivity index (χ0) is 16.4. The number of anilines is 1. The van der Waals surface area contributed by atoms with E-state index in [-0.39, 0.29) is 11.7 Å². The third-order valence-corrected chi connectivity index (χ3v) is 4.26. The van der Waals surface area contributed by atoms with Crippen LogP contribution in [0.3, 0.4) is 0 Å². The lowest BCUT2D eigenvalue weighted by atomic mass is 9.89. The highest BCUT2D eigenvalue weighted by Crippen LogP contribution is 2.35. The quantitative estimate of drug-likeness (QED) is 0.700. The van der Waals surface area contributed by atoms with Gasteiger partial charge in [-0.3, -0.25) is 0 Å². The minimum Gasteiger partial charge on any atom is -0.398 e. The maximum atomic E-state index is 14.1. The van der Waals surface area contributed by atoms with Crippen LogP contribution in [0.15, 0.2) is 30.3 Å². The lowest BCUT2D eigenvalue weighted by Crippen LogP contribution is -2.01. The molecule has 118 valence electrons. The van der Waals surface area contributed by atoms with Crippen LogP contribution in [0, 0.1) is 5.82 Å².